The minimum Gasteiger partial charge on any atom is -0.479 e. The number of amides is 1. The molecule has 2 aromatic heterocycles. The minimum absolute atomic E-state index is 0.0255. The predicted octanol–water partition coefficient (Wildman–Crippen LogP) is 0.956. The summed E-state index contributed by atoms with van der Waals surface area (Å²) in [6.45, 7) is 1.17. The fourth-order valence-electron chi connectivity index (χ4n) is 1.78. The van der Waals surface area contributed by atoms with Gasteiger partial charge in [-0.15, -0.1) is 0 Å². The molecule has 2 N–H and O–H groups in total. The van der Waals surface area contributed by atoms with Crippen molar-refractivity contribution in [1.82, 2.24) is 15.5 Å². The molecule has 0 fully saturated rings. The highest BCUT2D eigenvalue weighted by molar-refractivity contribution is 5.96. The summed E-state index contributed by atoms with van der Waals surface area (Å²) in [7, 11) is 1.35. The first-order valence-electron chi connectivity index (χ1n) is 6.38. The maximum absolute atomic E-state index is 12.1. The number of nitrogens with one attached hydrogen (secondary N) is 1. The van der Waals surface area contributed by atoms with E-state index in [0.29, 0.717) is 11.3 Å². The fourth-order valence-corrected chi connectivity index (χ4v) is 1.78. The van der Waals surface area contributed by atoms with Crippen molar-refractivity contribution in [2.75, 3.05) is 13.7 Å². The number of carbonyl (C=O) groups is 2. The van der Waals surface area contributed by atoms with Crippen LogP contribution >= 0.6 is 0 Å². The van der Waals surface area contributed by atoms with E-state index in [4.69, 9.17) is 9.26 Å². The second-order valence-corrected chi connectivity index (χ2v) is 4.84. The van der Waals surface area contributed by atoms with Gasteiger partial charge < -0.3 is 19.7 Å². The third-order valence-electron chi connectivity index (χ3n) is 2.98. The van der Waals surface area contributed by atoms with Gasteiger partial charge in [0, 0.05) is 31.1 Å². The van der Waals surface area contributed by atoms with Gasteiger partial charge in [0.1, 0.15) is 0 Å². The molecule has 2 heterocycles. The number of pyridine rings is 1. The molecule has 8 heteroatoms. The van der Waals surface area contributed by atoms with Crippen LogP contribution in [0.3, 0.4) is 0 Å². The molecule has 0 radical (unpaired) electrons. The summed E-state index contributed by atoms with van der Waals surface area (Å²) in [5, 5.41) is 15.2. The van der Waals surface area contributed by atoms with Crippen molar-refractivity contribution in [2.24, 2.45) is 0 Å². The lowest BCUT2D eigenvalue weighted by Crippen LogP contribution is -2.55. The molecule has 0 aliphatic rings. The van der Waals surface area contributed by atoms with Gasteiger partial charge in [-0.25, -0.2) is 4.79 Å². The van der Waals surface area contributed by atoms with Crippen molar-refractivity contribution in [2.45, 2.75) is 12.5 Å². The Morgan fingerprint density at radius 3 is 2.86 bits per heavy atom. The van der Waals surface area contributed by atoms with E-state index in [0.717, 1.165) is 0 Å². The summed E-state index contributed by atoms with van der Waals surface area (Å²) in [4.78, 5) is 27.3. The van der Waals surface area contributed by atoms with Gasteiger partial charge in [0.25, 0.3) is 5.91 Å². The zero-order valence-electron chi connectivity index (χ0n) is 12.1. The van der Waals surface area contributed by atoms with Crippen LogP contribution in [0.2, 0.25) is 0 Å². The number of rotatable bonds is 6. The molecule has 0 aromatic carbocycles. The molecule has 0 bridgehead atoms. The molecule has 116 valence electrons. The molecular formula is C14H15N3O5. The third kappa shape index (κ3) is 3.29. The normalized spacial score (nSPS) is 13.4. The first-order valence-corrected chi connectivity index (χ1v) is 6.38. The van der Waals surface area contributed by atoms with Crippen LogP contribution in [0.4, 0.5) is 0 Å². The highest BCUT2D eigenvalue weighted by Crippen LogP contribution is 2.19. The van der Waals surface area contributed by atoms with Crippen molar-refractivity contribution in [3.63, 3.8) is 0 Å². The Bertz CT molecular complexity index is 670. The zero-order valence-corrected chi connectivity index (χ0v) is 12.1. The Morgan fingerprint density at radius 2 is 2.27 bits per heavy atom. The van der Waals surface area contributed by atoms with E-state index in [1.54, 1.807) is 24.5 Å². The van der Waals surface area contributed by atoms with E-state index >= 15 is 0 Å². The van der Waals surface area contributed by atoms with E-state index in [9.17, 15) is 14.7 Å². The Kier molecular flexibility index (Phi) is 4.52. The lowest BCUT2D eigenvalue weighted by Gasteiger charge is -2.24. The summed E-state index contributed by atoms with van der Waals surface area (Å²) in [5.74, 6) is -1.51. The number of ether oxygens (including phenoxy) is 1. The molecule has 2 rings (SSSR count). The van der Waals surface area contributed by atoms with Crippen LogP contribution < -0.4 is 5.32 Å². The number of carbonyl (C=O) groups excluding carboxylic acids is 1. The van der Waals surface area contributed by atoms with Crippen molar-refractivity contribution in [1.29, 1.82) is 0 Å². The van der Waals surface area contributed by atoms with Crippen molar-refractivity contribution < 1.29 is 24.0 Å². The summed E-state index contributed by atoms with van der Waals surface area (Å²) in [6, 6.07) is 4.89. The topological polar surface area (TPSA) is 115 Å². The second kappa shape index (κ2) is 6.35. The van der Waals surface area contributed by atoms with Crippen molar-refractivity contribution in [3.05, 3.63) is 36.3 Å². The lowest BCUT2D eigenvalue weighted by molar-refractivity contribution is -0.145. The smallest absolute Gasteiger partial charge is 0.331 e. The molecule has 0 saturated carbocycles. The van der Waals surface area contributed by atoms with Gasteiger partial charge in [-0.2, -0.15) is 0 Å². The van der Waals surface area contributed by atoms with E-state index < -0.39 is 17.4 Å². The van der Waals surface area contributed by atoms with Crippen LogP contribution in [-0.4, -0.2) is 46.4 Å². The Hall–Kier alpha value is -2.74. The molecule has 1 unspecified atom stereocenters. The standard InChI is InChI=1S/C14H15N3O5/c1-14(8-21-2,13(19)20)16-12(18)10-6-11(22-17-10)9-4-3-5-15-7-9/h3-7H,8H2,1-2H3,(H,16,18)(H,19,20). The number of hydrogen-bond acceptors (Lipinski definition) is 6. The van der Waals surface area contributed by atoms with E-state index in [1.807, 2.05) is 0 Å². The monoisotopic (exact) mass is 305 g/mol. The van der Waals surface area contributed by atoms with Gasteiger partial charge in [0.15, 0.2) is 17.0 Å². The molecule has 1 atom stereocenters. The number of hydrogen-bond donors (Lipinski definition) is 2. The van der Waals surface area contributed by atoms with Crippen molar-refractivity contribution >= 4 is 11.9 Å². The summed E-state index contributed by atoms with van der Waals surface area (Å²) < 4.78 is 9.91. The molecule has 0 saturated heterocycles. The maximum Gasteiger partial charge on any atom is 0.331 e. The van der Waals surface area contributed by atoms with Crippen LogP contribution in [0.5, 0.6) is 0 Å². The highest BCUT2D eigenvalue weighted by atomic mass is 16.5. The fraction of sp³-hybridized carbons (Fsp3) is 0.286. The molecule has 0 spiro atoms. The highest BCUT2D eigenvalue weighted by Gasteiger charge is 2.36. The Labute approximate surface area is 126 Å². The van der Waals surface area contributed by atoms with Gasteiger partial charge >= 0.3 is 5.97 Å². The van der Waals surface area contributed by atoms with E-state index in [2.05, 4.69) is 15.5 Å². The van der Waals surface area contributed by atoms with Crippen molar-refractivity contribution in [3.8, 4) is 11.3 Å². The largest absolute Gasteiger partial charge is 0.479 e. The Morgan fingerprint density at radius 1 is 1.50 bits per heavy atom. The predicted molar refractivity (Wildman–Crippen MR) is 75.1 cm³/mol. The van der Waals surface area contributed by atoms with Crippen LogP contribution in [0.15, 0.2) is 35.1 Å². The van der Waals surface area contributed by atoms with Gasteiger partial charge in [0.05, 0.1) is 6.61 Å². The first-order chi connectivity index (χ1) is 10.5. The maximum atomic E-state index is 12.1. The summed E-state index contributed by atoms with van der Waals surface area (Å²) in [6.07, 6.45) is 3.17. The molecule has 8 nitrogen and oxygen atoms in total. The molecule has 0 aliphatic carbocycles. The number of carboxylic acids is 1. The van der Waals surface area contributed by atoms with Gasteiger partial charge in [-0.1, -0.05) is 5.16 Å². The summed E-state index contributed by atoms with van der Waals surface area (Å²) >= 11 is 0. The lowest BCUT2D eigenvalue weighted by atomic mass is 10.0. The quantitative estimate of drug-likeness (QED) is 0.816. The molecule has 2 aromatic rings. The summed E-state index contributed by atoms with van der Waals surface area (Å²) in [5.41, 5.74) is -0.923. The third-order valence-corrected chi connectivity index (χ3v) is 2.98. The molecule has 1 amide bonds. The zero-order chi connectivity index (χ0) is 16.2. The van der Waals surface area contributed by atoms with Crippen LogP contribution in [0.1, 0.15) is 17.4 Å². The van der Waals surface area contributed by atoms with Gasteiger partial charge in [-0.3, -0.25) is 9.78 Å². The number of aliphatic carboxylic acids is 1. The first kappa shape index (κ1) is 15.6. The van der Waals surface area contributed by atoms with Crippen LogP contribution in [-0.2, 0) is 9.53 Å². The number of methoxy groups -OCH3 is 1. The number of nitrogens with zero attached hydrogens (tertiary/aromatic N) is 2. The van der Waals surface area contributed by atoms with Crippen LogP contribution in [0.25, 0.3) is 11.3 Å². The van der Waals surface area contributed by atoms with E-state index in [-0.39, 0.29) is 12.3 Å². The second-order valence-electron chi connectivity index (χ2n) is 4.84. The average molecular weight is 305 g/mol. The Balaban J connectivity index is 2.17. The average Bonchev–Trinajstić information content (AvgIpc) is 2.98. The van der Waals surface area contributed by atoms with Gasteiger partial charge in [-0.05, 0) is 19.1 Å². The number of carboxylic acid groups (broad SMARTS) is 1. The molecule has 0 aliphatic heterocycles. The molecular weight excluding hydrogens is 290 g/mol. The van der Waals surface area contributed by atoms with Crippen LogP contribution in [0, 0.1) is 0 Å². The molecule has 22 heavy (non-hydrogen) atoms. The SMILES string of the molecule is COCC(C)(NC(=O)c1cc(-c2cccnc2)on1)C(=O)O. The number of aromatic nitrogens is 2. The van der Waals surface area contributed by atoms with E-state index in [1.165, 1.54) is 20.1 Å². The minimum atomic E-state index is -1.56. The van der Waals surface area contributed by atoms with Gasteiger partial charge in [0.2, 0.25) is 0 Å².